The van der Waals surface area contributed by atoms with E-state index in [-0.39, 0.29) is 23.7 Å². The van der Waals surface area contributed by atoms with E-state index in [9.17, 15) is 4.79 Å². The van der Waals surface area contributed by atoms with Crippen LogP contribution in [0.1, 0.15) is 45.1 Å². The van der Waals surface area contributed by atoms with Crippen molar-refractivity contribution in [2.24, 2.45) is 5.92 Å². The Bertz CT molecular complexity index is 482. The van der Waals surface area contributed by atoms with Gasteiger partial charge in [-0.25, -0.2) is 0 Å². The summed E-state index contributed by atoms with van der Waals surface area (Å²) in [5, 5.41) is 7.19. The number of benzene rings is 1. The molecule has 2 rings (SSSR count). The Hall–Kier alpha value is -0.770. The van der Waals surface area contributed by atoms with E-state index in [0.29, 0.717) is 18.9 Å². The van der Waals surface area contributed by atoms with E-state index in [2.05, 4.69) is 24.5 Å². The molecule has 3 nitrogen and oxygen atoms in total. The second-order valence-electron chi connectivity index (χ2n) is 6.90. The smallest absolute Gasteiger partial charge is 0.220 e. The Morgan fingerprint density at radius 2 is 1.87 bits per heavy atom. The second-order valence-corrected chi connectivity index (χ2v) is 7.34. The number of nitrogens with one attached hydrogen (secondary N) is 2. The number of amides is 1. The van der Waals surface area contributed by atoms with Crippen LogP contribution in [-0.4, -0.2) is 25.5 Å². The first-order valence-electron chi connectivity index (χ1n) is 8.21. The van der Waals surface area contributed by atoms with Crippen LogP contribution in [0, 0.1) is 5.92 Å². The average Bonchev–Trinajstić information content (AvgIpc) is 2.52. The summed E-state index contributed by atoms with van der Waals surface area (Å²) in [4.78, 5) is 12.1. The molecule has 1 saturated heterocycles. The topological polar surface area (TPSA) is 41.1 Å². The Balaban J connectivity index is 0.00000264. The van der Waals surface area contributed by atoms with E-state index in [1.807, 2.05) is 24.3 Å². The third-order valence-corrected chi connectivity index (χ3v) is 4.84. The molecule has 0 aromatic heterocycles. The number of halogens is 2. The molecule has 1 fully saturated rings. The molecule has 5 heteroatoms. The molecule has 0 bridgehead atoms. The maximum absolute atomic E-state index is 12.1. The molecule has 0 spiro atoms. The van der Waals surface area contributed by atoms with Crippen molar-refractivity contribution in [3.63, 3.8) is 0 Å². The lowest BCUT2D eigenvalue weighted by Crippen LogP contribution is -2.37. The molecule has 0 aliphatic carbocycles. The molecule has 1 aliphatic rings. The lowest BCUT2D eigenvalue weighted by Gasteiger charge is -2.26. The highest BCUT2D eigenvalue weighted by molar-refractivity contribution is 6.30. The molecule has 1 amide bonds. The highest BCUT2D eigenvalue weighted by Crippen LogP contribution is 2.24. The van der Waals surface area contributed by atoms with E-state index >= 15 is 0 Å². The van der Waals surface area contributed by atoms with E-state index in [1.54, 1.807) is 0 Å². The summed E-state index contributed by atoms with van der Waals surface area (Å²) in [5.41, 5.74) is 1.10. The summed E-state index contributed by atoms with van der Waals surface area (Å²) in [6.45, 7) is 7.12. The third kappa shape index (κ3) is 6.70. The average molecular weight is 359 g/mol. The number of hydrogen-bond acceptors (Lipinski definition) is 2. The second kappa shape index (κ2) is 9.51. The molecule has 1 aliphatic heterocycles. The van der Waals surface area contributed by atoms with Gasteiger partial charge >= 0.3 is 0 Å². The minimum Gasteiger partial charge on any atom is -0.355 e. The van der Waals surface area contributed by atoms with Crippen LogP contribution in [-0.2, 0) is 10.2 Å². The van der Waals surface area contributed by atoms with Gasteiger partial charge in [0.15, 0.2) is 0 Å². The van der Waals surface area contributed by atoms with E-state index in [1.165, 1.54) is 18.4 Å². The highest BCUT2D eigenvalue weighted by atomic mass is 35.5. The fourth-order valence-electron chi connectivity index (χ4n) is 2.92. The number of carbonyl (C=O) groups is 1. The van der Waals surface area contributed by atoms with Crippen LogP contribution in [0.3, 0.4) is 0 Å². The maximum atomic E-state index is 12.1. The largest absolute Gasteiger partial charge is 0.355 e. The number of hydrogen-bond donors (Lipinski definition) is 2. The molecule has 130 valence electrons. The van der Waals surface area contributed by atoms with Gasteiger partial charge in [-0.1, -0.05) is 37.6 Å². The first-order chi connectivity index (χ1) is 10.5. The molecule has 0 saturated carbocycles. The zero-order valence-corrected chi connectivity index (χ0v) is 15.6. The third-order valence-electron chi connectivity index (χ3n) is 4.59. The van der Waals surface area contributed by atoms with Gasteiger partial charge in [0.25, 0.3) is 0 Å². The Kier molecular flexibility index (Phi) is 8.38. The lowest BCUT2D eigenvalue weighted by atomic mass is 9.84. The lowest BCUT2D eigenvalue weighted by molar-refractivity contribution is -0.121. The van der Waals surface area contributed by atoms with Crippen molar-refractivity contribution < 1.29 is 4.79 Å². The van der Waals surface area contributed by atoms with Gasteiger partial charge in [-0.05, 0) is 56.0 Å². The van der Waals surface area contributed by atoms with Crippen LogP contribution in [0.15, 0.2) is 24.3 Å². The fraction of sp³-hybridized carbons (Fsp3) is 0.611. The summed E-state index contributed by atoms with van der Waals surface area (Å²) < 4.78 is 0. The standard InChI is InChI=1S/C18H27ClN2O.ClH/c1-18(2,15-4-6-16(19)7-5-15)13-21-17(22)8-3-14-9-11-20-12-10-14;/h4-7,14,20H,3,8-13H2,1-2H3,(H,21,22);1H. The first kappa shape index (κ1) is 20.3. The van der Waals surface area contributed by atoms with Crippen molar-refractivity contribution in [3.8, 4) is 0 Å². The minimum atomic E-state index is -0.0883. The summed E-state index contributed by atoms with van der Waals surface area (Å²) in [6, 6.07) is 7.86. The van der Waals surface area contributed by atoms with Gasteiger partial charge in [0, 0.05) is 23.4 Å². The summed E-state index contributed by atoms with van der Waals surface area (Å²) in [5.74, 6) is 0.872. The molecule has 0 radical (unpaired) electrons. The monoisotopic (exact) mass is 358 g/mol. The molecule has 0 atom stereocenters. The highest BCUT2D eigenvalue weighted by Gasteiger charge is 2.22. The van der Waals surface area contributed by atoms with Crippen LogP contribution >= 0.6 is 24.0 Å². The van der Waals surface area contributed by atoms with Crippen molar-refractivity contribution in [2.45, 2.75) is 44.9 Å². The summed E-state index contributed by atoms with van der Waals surface area (Å²) in [7, 11) is 0. The Morgan fingerprint density at radius 1 is 1.26 bits per heavy atom. The van der Waals surface area contributed by atoms with Gasteiger partial charge in [0.2, 0.25) is 5.91 Å². The zero-order chi connectivity index (χ0) is 16.0. The van der Waals surface area contributed by atoms with Crippen molar-refractivity contribution >= 4 is 29.9 Å². The Labute approximate surface area is 151 Å². The summed E-state index contributed by atoms with van der Waals surface area (Å²) in [6.07, 6.45) is 4.04. The molecular weight excluding hydrogens is 331 g/mol. The molecule has 1 aromatic rings. The van der Waals surface area contributed by atoms with Crippen LogP contribution in [0.2, 0.25) is 5.02 Å². The van der Waals surface area contributed by atoms with Gasteiger partial charge in [-0.3, -0.25) is 4.79 Å². The molecule has 1 heterocycles. The molecule has 23 heavy (non-hydrogen) atoms. The summed E-state index contributed by atoms with van der Waals surface area (Å²) >= 11 is 5.93. The van der Waals surface area contributed by atoms with Gasteiger partial charge in [0.1, 0.15) is 0 Å². The van der Waals surface area contributed by atoms with Gasteiger partial charge in [-0.2, -0.15) is 0 Å². The van der Waals surface area contributed by atoms with Gasteiger partial charge < -0.3 is 10.6 Å². The SMILES string of the molecule is CC(C)(CNC(=O)CCC1CCNCC1)c1ccc(Cl)cc1.Cl. The fourth-order valence-corrected chi connectivity index (χ4v) is 3.04. The quantitative estimate of drug-likeness (QED) is 0.808. The van der Waals surface area contributed by atoms with Crippen LogP contribution < -0.4 is 10.6 Å². The van der Waals surface area contributed by atoms with Crippen molar-refractivity contribution in [1.29, 1.82) is 0 Å². The van der Waals surface area contributed by atoms with Crippen molar-refractivity contribution in [1.82, 2.24) is 10.6 Å². The van der Waals surface area contributed by atoms with E-state index < -0.39 is 0 Å². The predicted octanol–water partition coefficient (Wildman–Crippen LogP) is 3.94. The molecular formula is C18H28Cl2N2O. The van der Waals surface area contributed by atoms with Crippen LogP contribution in [0.4, 0.5) is 0 Å². The maximum Gasteiger partial charge on any atom is 0.220 e. The molecule has 2 N–H and O–H groups in total. The number of piperidine rings is 1. The molecule has 1 aromatic carbocycles. The van der Waals surface area contributed by atoms with Gasteiger partial charge in [-0.15, -0.1) is 12.4 Å². The number of rotatable bonds is 6. The van der Waals surface area contributed by atoms with Crippen molar-refractivity contribution in [2.75, 3.05) is 19.6 Å². The van der Waals surface area contributed by atoms with E-state index in [0.717, 1.165) is 24.5 Å². The zero-order valence-electron chi connectivity index (χ0n) is 14.0. The minimum absolute atomic E-state index is 0. The first-order valence-corrected chi connectivity index (χ1v) is 8.58. The Morgan fingerprint density at radius 3 is 2.48 bits per heavy atom. The normalized spacial score (nSPS) is 15.8. The van der Waals surface area contributed by atoms with Crippen LogP contribution in [0.25, 0.3) is 0 Å². The van der Waals surface area contributed by atoms with Gasteiger partial charge in [0.05, 0.1) is 0 Å². The number of carbonyl (C=O) groups excluding carboxylic acids is 1. The van der Waals surface area contributed by atoms with Crippen molar-refractivity contribution in [3.05, 3.63) is 34.9 Å². The molecule has 0 unspecified atom stereocenters. The van der Waals surface area contributed by atoms with Crippen LogP contribution in [0.5, 0.6) is 0 Å². The predicted molar refractivity (Wildman–Crippen MR) is 99.6 cm³/mol. The van der Waals surface area contributed by atoms with E-state index in [4.69, 9.17) is 11.6 Å².